The van der Waals surface area contributed by atoms with E-state index in [0.29, 0.717) is 0 Å². The summed E-state index contributed by atoms with van der Waals surface area (Å²) >= 11 is 27.7. The zero-order valence-corrected chi connectivity index (χ0v) is 19.6. The Bertz CT molecular complexity index is 139. The molecule has 0 aliphatic heterocycles. The van der Waals surface area contributed by atoms with Crippen LogP contribution in [0, 0.1) is 0 Å². The molecule has 0 fully saturated rings. The first kappa shape index (κ1) is 32.7. The molecule has 0 aliphatic rings. The minimum Gasteiger partial charge on any atom is -0.791 e. The van der Waals surface area contributed by atoms with Crippen molar-refractivity contribution in [3.05, 3.63) is 0 Å². The van der Waals surface area contributed by atoms with Gasteiger partial charge in [-0.1, -0.05) is 0 Å². The third-order valence-electron chi connectivity index (χ3n) is 2.46. The first-order valence-corrected chi connectivity index (χ1v) is 10.3. The van der Waals surface area contributed by atoms with E-state index in [1.165, 1.54) is 0 Å². The van der Waals surface area contributed by atoms with Crippen LogP contribution >= 0.6 is 25.3 Å². The average molecular weight is 508 g/mol. The van der Waals surface area contributed by atoms with Crippen molar-refractivity contribution in [2.75, 3.05) is 73.8 Å². The van der Waals surface area contributed by atoms with Crippen LogP contribution in [0.25, 0.3) is 0 Å². The van der Waals surface area contributed by atoms with Gasteiger partial charge in [0.05, 0.1) is 0 Å². The topological polar surface area (TPSA) is 6.48 Å². The Labute approximate surface area is 190 Å². The predicted octanol–water partition coefficient (Wildman–Crippen LogP) is 0.619. The fourth-order valence-electron chi connectivity index (χ4n) is 1.47. The molecule has 0 aromatic heterocycles. The van der Waals surface area contributed by atoms with Crippen LogP contribution in [0.4, 0.5) is 0 Å². The van der Waals surface area contributed by atoms with Crippen molar-refractivity contribution >= 4 is 75.8 Å². The molecule has 0 aromatic rings. The summed E-state index contributed by atoms with van der Waals surface area (Å²) in [6, 6.07) is 0. The van der Waals surface area contributed by atoms with Crippen molar-refractivity contribution in [2.24, 2.45) is 0 Å². The van der Waals surface area contributed by atoms with E-state index in [0.717, 1.165) is 73.8 Å². The molecule has 0 aliphatic carbocycles. The molecule has 22 heavy (non-hydrogen) atoms. The van der Waals surface area contributed by atoms with Crippen LogP contribution in [-0.2, 0) is 83.5 Å². The number of nitrogens with zero attached hydrogens (tertiary/aromatic N) is 2. The smallest absolute Gasteiger partial charge is 0.791 e. The standard InChI is InChI=1S/2C6H15NS3.2Ni/c2*8-4-1-7(2-5-9)3-6-10;;/h2*8-10H,1-6H2;;/q;;2*+2/p-4. The van der Waals surface area contributed by atoms with Crippen LogP contribution in [0.3, 0.4) is 0 Å². The third kappa shape index (κ3) is 25.2. The Morgan fingerprint density at radius 3 is 0.864 bits per heavy atom. The first-order valence-electron chi connectivity index (χ1n) is 6.68. The largest absolute Gasteiger partial charge is 2.00 e. The first-order chi connectivity index (χ1) is 9.69. The minimum absolute atomic E-state index is 0. The van der Waals surface area contributed by atoms with Gasteiger partial charge in [-0.3, -0.25) is 0 Å². The van der Waals surface area contributed by atoms with Crippen LogP contribution in [0.2, 0.25) is 0 Å². The van der Waals surface area contributed by atoms with E-state index in [4.69, 9.17) is 50.5 Å². The quantitative estimate of drug-likeness (QED) is 0.225. The van der Waals surface area contributed by atoms with E-state index in [1.807, 2.05) is 0 Å². The molecule has 0 N–H and O–H groups in total. The predicted molar refractivity (Wildman–Crippen MR) is 110 cm³/mol. The molecule has 0 spiro atoms. The van der Waals surface area contributed by atoms with Crippen LogP contribution in [-0.4, -0.2) is 83.6 Å². The molecule has 140 valence electrons. The maximum Gasteiger partial charge on any atom is 2.00 e. The van der Waals surface area contributed by atoms with Crippen molar-refractivity contribution < 1.29 is 33.0 Å². The van der Waals surface area contributed by atoms with Crippen LogP contribution < -0.4 is 0 Å². The molecular weight excluding hydrogens is 482 g/mol. The third-order valence-corrected chi connectivity index (χ3v) is 3.59. The van der Waals surface area contributed by atoms with E-state index in [-0.39, 0.29) is 33.0 Å². The number of hydrogen-bond donors (Lipinski definition) is 2. The fourth-order valence-corrected chi connectivity index (χ4v) is 3.07. The maximum atomic E-state index is 4.86. The second kappa shape index (κ2) is 28.8. The van der Waals surface area contributed by atoms with Crippen LogP contribution in [0.5, 0.6) is 0 Å². The number of hydrogen-bond acceptors (Lipinski definition) is 8. The van der Waals surface area contributed by atoms with Gasteiger partial charge >= 0.3 is 33.0 Å². The molecule has 0 rings (SSSR count). The van der Waals surface area contributed by atoms with Gasteiger partial charge in [0.25, 0.3) is 0 Å². The summed E-state index contributed by atoms with van der Waals surface area (Å²) in [5.74, 6) is 4.97. The zero-order valence-electron chi connectivity index (χ0n) is 12.5. The summed E-state index contributed by atoms with van der Waals surface area (Å²) in [6.45, 7) is 5.94. The zero-order chi connectivity index (χ0) is 15.6. The maximum absolute atomic E-state index is 4.86. The number of thiol groups is 2. The second-order valence-electron chi connectivity index (χ2n) is 3.95. The summed E-state index contributed by atoms with van der Waals surface area (Å²) in [7, 11) is 0. The molecule has 0 bridgehead atoms. The summed E-state index contributed by atoms with van der Waals surface area (Å²) in [5, 5.41) is 0. The van der Waals surface area contributed by atoms with Gasteiger partial charge in [0.15, 0.2) is 0 Å². The molecular formula is C12H26N2Ni2S6. The SMILES string of the molecule is [Ni+2].[Ni+2].[S-]CCN(CC[S-])CCS.[S-]CCN(CC[S-])CCS. The monoisotopic (exact) mass is 506 g/mol. The van der Waals surface area contributed by atoms with Gasteiger partial charge in [-0.25, -0.2) is 0 Å². The van der Waals surface area contributed by atoms with Crippen molar-refractivity contribution in [1.82, 2.24) is 9.80 Å². The molecule has 0 atom stereocenters. The molecule has 0 aromatic carbocycles. The molecule has 10 heteroatoms. The Balaban J connectivity index is -0.000000135. The Morgan fingerprint density at radius 1 is 0.500 bits per heavy atom. The van der Waals surface area contributed by atoms with E-state index < -0.39 is 0 Å². The van der Waals surface area contributed by atoms with E-state index in [9.17, 15) is 0 Å². The molecule has 0 radical (unpaired) electrons. The van der Waals surface area contributed by atoms with Gasteiger partial charge in [0.1, 0.15) is 0 Å². The molecule has 0 saturated carbocycles. The van der Waals surface area contributed by atoms with E-state index >= 15 is 0 Å². The number of rotatable bonds is 12. The van der Waals surface area contributed by atoms with Gasteiger partial charge < -0.3 is 60.3 Å². The van der Waals surface area contributed by atoms with Crippen LogP contribution in [0.15, 0.2) is 0 Å². The van der Waals surface area contributed by atoms with E-state index in [1.54, 1.807) is 0 Å². The van der Waals surface area contributed by atoms with Crippen molar-refractivity contribution in [1.29, 1.82) is 0 Å². The van der Waals surface area contributed by atoms with Gasteiger partial charge in [-0.15, -0.1) is 0 Å². The van der Waals surface area contributed by atoms with Crippen LogP contribution in [0.1, 0.15) is 0 Å². The Kier molecular flexibility index (Phi) is 42.7. The molecule has 0 heterocycles. The van der Waals surface area contributed by atoms with Gasteiger partial charge in [-0.05, 0) is 26.2 Å². The minimum atomic E-state index is 0. The molecule has 0 amide bonds. The molecule has 0 saturated heterocycles. The van der Waals surface area contributed by atoms with Crippen molar-refractivity contribution in [3.8, 4) is 0 Å². The average Bonchev–Trinajstić information content (AvgIpc) is 2.41. The summed E-state index contributed by atoms with van der Waals surface area (Å²) in [6.07, 6.45) is 0. The van der Waals surface area contributed by atoms with E-state index in [2.05, 4.69) is 35.1 Å². The summed E-state index contributed by atoms with van der Waals surface area (Å²) in [4.78, 5) is 4.51. The van der Waals surface area contributed by atoms with Gasteiger partial charge in [-0.2, -0.15) is 48.3 Å². The molecule has 2 nitrogen and oxygen atoms in total. The summed E-state index contributed by atoms with van der Waals surface area (Å²) in [5.41, 5.74) is 0. The van der Waals surface area contributed by atoms with Crippen molar-refractivity contribution in [3.63, 3.8) is 0 Å². The van der Waals surface area contributed by atoms with Gasteiger partial charge in [0.2, 0.25) is 0 Å². The normalized spacial score (nSPS) is 9.82. The summed E-state index contributed by atoms with van der Waals surface area (Å²) < 4.78 is 0. The Morgan fingerprint density at radius 2 is 0.727 bits per heavy atom. The Hall–Kier alpha value is 3.01. The van der Waals surface area contributed by atoms with Crippen molar-refractivity contribution in [2.45, 2.75) is 0 Å². The van der Waals surface area contributed by atoms with Gasteiger partial charge in [0, 0.05) is 24.6 Å². The fraction of sp³-hybridized carbons (Fsp3) is 1.00. The second-order valence-corrected chi connectivity index (χ2v) is 6.47. The molecule has 0 unspecified atom stereocenters.